The highest BCUT2D eigenvalue weighted by atomic mass is 32.2. The van der Waals surface area contributed by atoms with E-state index in [9.17, 15) is 8.42 Å². The van der Waals surface area contributed by atoms with Gasteiger partial charge in [-0.05, 0) is 44.2 Å². The second-order valence-electron chi connectivity index (χ2n) is 5.82. The molecule has 5 nitrogen and oxygen atoms in total. The Balaban J connectivity index is 2.21. The maximum atomic E-state index is 12.0. The fourth-order valence-electron chi connectivity index (χ4n) is 2.37. The van der Waals surface area contributed by atoms with Crippen LogP contribution in [-0.4, -0.2) is 30.7 Å². The van der Waals surface area contributed by atoms with Gasteiger partial charge >= 0.3 is 0 Å². The van der Waals surface area contributed by atoms with Gasteiger partial charge in [0.15, 0.2) is 15.3 Å². The normalized spacial score (nSPS) is 11.7. The molecule has 3 aromatic rings. The van der Waals surface area contributed by atoms with E-state index in [2.05, 4.69) is 15.5 Å². The standard InChI is InChI=1S/C18H17N2O3S2/c1-12(2)23-16-7-6-14(25(3,21)22)9-15(16)18-17(20-11-24-18)13-5-4-8-19-10-13/h4-10,12H,1-3H3. The fraction of sp³-hybridized carbons (Fsp3) is 0.222. The molecule has 2 heterocycles. The van der Waals surface area contributed by atoms with Gasteiger partial charge in [0.2, 0.25) is 0 Å². The Hall–Kier alpha value is -2.25. The summed E-state index contributed by atoms with van der Waals surface area (Å²) in [5.74, 6) is 0.616. The summed E-state index contributed by atoms with van der Waals surface area (Å²) < 4.78 is 29.8. The Morgan fingerprint density at radius 2 is 2.04 bits per heavy atom. The molecule has 0 aliphatic rings. The lowest BCUT2D eigenvalue weighted by Gasteiger charge is -2.15. The molecule has 0 aliphatic heterocycles. The lowest BCUT2D eigenvalue weighted by molar-refractivity contribution is 0.243. The van der Waals surface area contributed by atoms with Crippen LogP contribution >= 0.6 is 11.3 Å². The van der Waals surface area contributed by atoms with Crippen LogP contribution in [0.15, 0.2) is 47.6 Å². The lowest BCUT2D eigenvalue weighted by Crippen LogP contribution is -2.07. The molecule has 0 atom stereocenters. The van der Waals surface area contributed by atoms with Gasteiger partial charge in [0.05, 0.1) is 21.6 Å². The van der Waals surface area contributed by atoms with Crippen molar-refractivity contribution in [2.24, 2.45) is 0 Å². The van der Waals surface area contributed by atoms with Gasteiger partial charge in [0.25, 0.3) is 0 Å². The van der Waals surface area contributed by atoms with Gasteiger partial charge in [-0.1, -0.05) is 0 Å². The summed E-state index contributed by atoms with van der Waals surface area (Å²) in [6, 6.07) is 8.62. The van der Waals surface area contributed by atoms with Crippen LogP contribution in [0.4, 0.5) is 0 Å². The van der Waals surface area contributed by atoms with Crippen LogP contribution in [-0.2, 0) is 9.84 Å². The minimum atomic E-state index is -3.33. The fourth-order valence-corrected chi connectivity index (χ4v) is 3.77. The molecule has 1 radical (unpaired) electrons. The summed E-state index contributed by atoms with van der Waals surface area (Å²) in [6.07, 6.45) is 4.56. The first kappa shape index (κ1) is 17.6. The molecule has 0 spiro atoms. The topological polar surface area (TPSA) is 69.2 Å². The molecule has 129 valence electrons. The van der Waals surface area contributed by atoms with E-state index in [1.54, 1.807) is 30.6 Å². The summed E-state index contributed by atoms with van der Waals surface area (Å²) in [5.41, 5.74) is 5.13. The quantitative estimate of drug-likeness (QED) is 0.679. The largest absolute Gasteiger partial charge is 0.490 e. The SMILES string of the molecule is CC(C)Oc1ccc(S(C)(=O)=O)cc1-c1s[c]nc1-c1cccnc1. The number of aromatic nitrogens is 2. The third-order valence-corrected chi connectivity index (χ3v) is 5.35. The van der Waals surface area contributed by atoms with Gasteiger partial charge in [0, 0.05) is 29.8 Å². The van der Waals surface area contributed by atoms with E-state index in [1.807, 2.05) is 26.0 Å². The monoisotopic (exact) mass is 373 g/mol. The van der Waals surface area contributed by atoms with Crippen LogP contribution in [0.3, 0.4) is 0 Å². The number of hydrogen-bond acceptors (Lipinski definition) is 6. The van der Waals surface area contributed by atoms with E-state index in [-0.39, 0.29) is 11.0 Å². The van der Waals surface area contributed by atoms with Gasteiger partial charge in [-0.15, -0.1) is 11.3 Å². The highest BCUT2D eigenvalue weighted by Crippen LogP contribution is 2.40. The Morgan fingerprint density at radius 3 is 2.68 bits per heavy atom. The summed E-state index contributed by atoms with van der Waals surface area (Å²) in [5, 5.41) is 0. The molecule has 7 heteroatoms. The Bertz CT molecular complexity index is 981. The number of pyridine rings is 1. The molecule has 0 unspecified atom stereocenters. The molecule has 25 heavy (non-hydrogen) atoms. The van der Waals surface area contributed by atoms with E-state index in [0.717, 1.165) is 10.4 Å². The van der Waals surface area contributed by atoms with Crippen LogP contribution in [0, 0.1) is 5.51 Å². The molecule has 0 aliphatic carbocycles. The number of nitrogens with zero attached hydrogens (tertiary/aromatic N) is 2. The number of ether oxygens (including phenoxy) is 1. The Kier molecular flexibility index (Phi) is 4.87. The number of sulfone groups is 1. The second kappa shape index (κ2) is 6.93. The van der Waals surface area contributed by atoms with Crippen molar-refractivity contribution >= 4 is 21.2 Å². The average Bonchev–Trinajstić information content (AvgIpc) is 3.04. The lowest BCUT2D eigenvalue weighted by atomic mass is 10.1. The van der Waals surface area contributed by atoms with Crippen molar-refractivity contribution in [3.63, 3.8) is 0 Å². The maximum Gasteiger partial charge on any atom is 0.175 e. The average molecular weight is 373 g/mol. The summed E-state index contributed by atoms with van der Waals surface area (Å²) in [7, 11) is -3.33. The predicted molar refractivity (Wildman–Crippen MR) is 98.5 cm³/mol. The zero-order valence-electron chi connectivity index (χ0n) is 14.1. The van der Waals surface area contributed by atoms with Crippen LogP contribution in [0.5, 0.6) is 5.75 Å². The van der Waals surface area contributed by atoms with Crippen molar-refractivity contribution in [2.45, 2.75) is 24.8 Å². The van der Waals surface area contributed by atoms with Crippen molar-refractivity contribution in [1.29, 1.82) is 0 Å². The summed E-state index contributed by atoms with van der Waals surface area (Å²) in [6.45, 7) is 3.85. The van der Waals surface area contributed by atoms with Gasteiger partial charge in [-0.2, -0.15) is 0 Å². The minimum Gasteiger partial charge on any atom is -0.490 e. The first-order valence-electron chi connectivity index (χ1n) is 7.64. The molecular weight excluding hydrogens is 356 g/mol. The highest BCUT2D eigenvalue weighted by Gasteiger charge is 2.19. The third-order valence-electron chi connectivity index (χ3n) is 3.44. The molecule has 0 N–H and O–H groups in total. The van der Waals surface area contributed by atoms with Gasteiger partial charge in [-0.25, -0.2) is 13.4 Å². The van der Waals surface area contributed by atoms with Crippen molar-refractivity contribution in [2.75, 3.05) is 6.26 Å². The van der Waals surface area contributed by atoms with Crippen LogP contribution < -0.4 is 4.74 Å². The van der Waals surface area contributed by atoms with E-state index in [0.29, 0.717) is 17.0 Å². The number of benzene rings is 1. The summed E-state index contributed by atoms with van der Waals surface area (Å²) in [4.78, 5) is 9.49. The van der Waals surface area contributed by atoms with E-state index >= 15 is 0 Å². The summed E-state index contributed by atoms with van der Waals surface area (Å²) >= 11 is 1.32. The van der Waals surface area contributed by atoms with E-state index in [4.69, 9.17) is 4.74 Å². The molecule has 3 rings (SSSR count). The van der Waals surface area contributed by atoms with Gasteiger partial charge < -0.3 is 4.74 Å². The highest BCUT2D eigenvalue weighted by molar-refractivity contribution is 7.90. The third kappa shape index (κ3) is 3.88. The smallest absolute Gasteiger partial charge is 0.175 e. The van der Waals surface area contributed by atoms with Crippen molar-refractivity contribution in [3.05, 3.63) is 48.2 Å². The molecular formula is C18H17N2O3S2. The van der Waals surface area contributed by atoms with Crippen molar-refractivity contribution < 1.29 is 13.2 Å². The minimum absolute atomic E-state index is 0.0402. The van der Waals surface area contributed by atoms with Crippen molar-refractivity contribution in [3.8, 4) is 27.4 Å². The molecule has 1 aromatic carbocycles. The molecule has 0 amide bonds. The van der Waals surface area contributed by atoms with Crippen molar-refractivity contribution in [1.82, 2.24) is 9.97 Å². The second-order valence-corrected chi connectivity index (χ2v) is 8.63. The van der Waals surface area contributed by atoms with E-state index < -0.39 is 9.84 Å². The Morgan fingerprint density at radius 1 is 1.24 bits per heavy atom. The molecule has 2 aromatic heterocycles. The molecule has 0 fully saturated rings. The van der Waals surface area contributed by atoms with E-state index in [1.165, 1.54) is 17.6 Å². The first-order valence-corrected chi connectivity index (χ1v) is 10.4. The zero-order chi connectivity index (χ0) is 18.0. The van der Waals surface area contributed by atoms with Crippen LogP contribution in [0.1, 0.15) is 13.8 Å². The molecule has 0 saturated heterocycles. The zero-order valence-corrected chi connectivity index (χ0v) is 15.7. The van der Waals surface area contributed by atoms with Crippen LogP contribution in [0.25, 0.3) is 21.7 Å². The predicted octanol–water partition coefficient (Wildman–Crippen LogP) is 3.86. The molecule has 0 bridgehead atoms. The number of rotatable bonds is 5. The van der Waals surface area contributed by atoms with Gasteiger partial charge in [-0.3, -0.25) is 4.98 Å². The molecule has 0 saturated carbocycles. The first-order chi connectivity index (χ1) is 11.9. The van der Waals surface area contributed by atoms with Crippen LogP contribution in [0.2, 0.25) is 0 Å². The maximum absolute atomic E-state index is 12.0. The van der Waals surface area contributed by atoms with Gasteiger partial charge in [0.1, 0.15) is 5.75 Å². The number of thiazole rings is 1. The Labute approximate surface area is 151 Å². The number of hydrogen-bond donors (Lipinski definition) is 0.